The minimum absolute atomic E-state index is 0.0588. The average Bonchev–Trinajstić information content (AvgIpc) is 2.73. The van der Waals surface area contributed by atoms with E-state index in [1.165, 1.54) is 7.11 Å². The zero-order valence-electron chi connectivity index (χ0n) is 16.5. The molecule has 0 spiro atoms. The van der Waals surface area contributed by atoms with Gasteiger partial charge in [0.1, 0.15) is 24.5 Å². The number of nitrogen functional groups attached to an aromatic ring is 1. The number of hydrogen-bond donors (Lipinski definition) is 1. The lowest BCUT2D eigenvalue weighted by Crippen LogP contribution is -2.46. The zero-order chi connectivity index (χ0) is 22.3. The number of ketones is 1. The minimum Gasteiger partial charge on any atom is -0.468 e. The van der Waals surface area contributed by atoms with E-state index in [4.69, 9.17) is 10.5 Å². The summed E-state index contributed by atoms with van der Waals surface area (Å²) in [5.74, 6) is -3.02. The number of rotatable bonds is 9. The molecule has 0 radical (unpaired) electrons. The fraction of sp³-hybridized carbons (Fsp3) is 0.316. The fourth-order valence-corrected chi connectivity index (χ4v) is 2.61. The molecule has 1 heterocycles. The molecule has 0 amide bonds. The Morgan fingerprint density at radius 1 is 0.967 bits per heavy atom. The van der Waals surface area contributed by atoms with Crippen molar-refractivity contribution in [1.82, 2.24) is 9.13 Å². The highest BCUT2D eigenvalue weighted by atomic mass is 16.6. The van der Waals surface area contributed by atoms with Crippen molar-refractivity contribution < 1.29 is 28.6 Å². The van der Waals surface area contributed by atoms with Crippen molar-refractivity contribution in [3.8, 4) is 0 Å². The number of hydrogen-bond acceptors (Lipinski definition) is 9. The minimum atomic E-state index is -1.08. The topological polar surface area (TPSA) is 149 Å². The van der Waals surface area contributed by atoms with E-state index in [9.17, 15) is 24.0 Å². The maximum atomic E-state index is 12.8. The lowest BCUT2D eigenvalue weighted by atomic mass is 10.2. The van der Waals surface area contributed by atoms with E-state index in [-0.39, 0.29) is 13.2 Å². The number of benzene rings is 1. The highest BCUT2D eigenvalue weighted by Crippen LogP contribution is 2.10. The first kappa shape index (κ1) is 22.6. The molecule has 11 nitrogen and oxygen atoms in total. The van der Waals surface area contributed by atoms with Crippen molar-refractivity contribution in [1.29, 1.82) is 0 Å². The molecule has 160 valence electrons. The van der Waals surface area contributed by atoms with Gasteiger partial charge in [0.2, 0.25) is 5.78 Å². The predicted molar refractivity (Wildman–Crippen MR) is 104 cm³/mol. The molecule has 11 heteroatoms. The van der Waals surface area contributed by atoms with Crippen LogP contribution in [0.4, 0.5) is 5.82 Å². The van der Waals surface area contributed by atoms with Crippen LogP contribution in [0, 0.1) is 0 Å². The van der Waals surface area contributed by atoms with E-state index in [1.807, 2.05) is 0 Å². The van der Waals surface area contributed by atoms with Crippen LogP contribution >= 0.6 is 0 Å². The van der Waals surface area contributed by atoms with E-state index in [1.54, 1.807) is 30.3 Å². The molecule has 0 aliphatic rings. The van der Waals surface area contributed by atoms with E-state index in [2.05, 4.69) is 9.47 Å². The van der Waals surface area contributed by atoms with Crippen LogP contribution in [0.2, 0.25) is 0 Å². The van der Waals surface area contributed by atoms with Gasteiger partial charge in [-0.15, -0.1) is 0 Å². The second-order valence-electron chi connectivity index (χ2n) is 6.10. The number of esters is 2. The standard InChI is InChI=1S/C19H21N3O8/c1-28-11-15(25)30-10-13(23)16-17(20)21(8-12-6-4-3-5-7-12)19(27)22(18(16)26)9-14(24)29-2/h3-7H,8-11,20H2,1-2H3. The van der Waals surface area contributed by atoms with Crippen LogP contribution < -0.4 is 17.0 Å². The van der Waals surface area contributed by atoms with Crippen LogP contribution in [-0.4, -0.2) is 54.3 Å². The third-order valence-corrected chi connectivity index (χ3v) is 4.07. The molecule has 1 aromatic heterocycles. The number of nitrogens with two attached hydrogens (primary N) is 1. The third-order valence-electron chi connectivity index (χ3n) is 4.07. The first-order valence-corrected chi connectivity index (χ1v) is 8.71. The van der Waals surface area contributed by atoms with E-state index in [0.29, 0.717) is 10.1 Å². The molecular formula is C19H21N3O8. The lowest BCUT2D eigenvalue weighted by molar-refractivity contribution is -0.146. The maximum absolute atomic E-state index is 12.8. The molecule has 0 aliphatic carbocycles. The molecule has 0 atom stereocenters. The average molecular weight is 419 g/mol. The Kier molecular flexibility index (Phi) is 7.64. The van der Waals surface area contributed by atoms with Crippen LogP contribution in [0.5, 0.6) is 0 Å². The Bertz CT molecular complexity index is 1060. The maximum Gasteiger partial charge on any atom is 0.333 e. The molecule has 0 fully saturated rings. The largest absolute Gasteiger partial charge is 0.468 e. The van der Waals surface area contributed by atoms with Gasteiger partial charge in [-0.3, -0.25) is 19.0 Å². The summed E-state index contributed by atoms with van der Waals surface area (Å²) in [4.78, 5) is 61.3. The summed E-state index contributed by atoms with van der Waals surface area (Å²) in [7, 11) is 2.36. The van der Waals surface area contributed by atoms with Crippen LogP contribution in [0.3, 0.4) is 0 Å². The summed E-state index contributed by atoms with van der Waals surface area (Å²) in [5.41, 5.74) is 4.10. The number of nitrogens with zero attached hydrogens (tertiary/aromatic N) is 2. The summed E-state index contributed by atoms with van der Waals surface area (Å²) < 4.78 is 15.4. The third kappa shape index (κ3) is 5.20. The van der Waals surface area contributed by atoms with Crippen molar-refractivity contribution in [3.05, 3.63) is 62.3 Å². The molecule has 30 heavy (non-hydrogen) atoms. The monoisotopic (exact) mass is 419 g/mol. The normalized spacial score (nSPS) is 10.5. The Morgan fingerprint density at radius 3 is 2.23 bits per heavy atom. The molecule has 0 saturated carbocycles. The first-order chi connectivity index (χ1) is 14.3. The van der Waals surface area contributed by atoms with Gasteiger partial charge in [0.05, 0.1) is 13.7 Å². The molecule has 2 N–H and O–H groups in total. The van der Waals surface area contributed by atoms with Gasteiger partial charge >= 0.3 is 17.6 Å². The molecular weight excluding hydrogens is 398 g/mol. The van der Waals surface area contributed by atoms with Crippen molar-refractivity contribution in [2.75, 3.05) is 33.2 Å². The van der Waals surface area contributed by atoms with Crippen LogP contribution in [0.1, 0.15) is 15.9 Å². The Morgan fingerprint density at radius 2 is 1.63 bits per heavy atom. The Hall–Kier alpha value is -3.73. The zero-order valence-corrected chi connectivity index (χ0v) is 16.5. The second-order valence-corrected chi connectivity index (χ2v) is 6.10. The molecule has 0 unspecified atom stereocenters. The summed E-state index contributed by atoms with van der Waals surface area (Å²) >= 11 is 0. The Labute approximate surface area is 170 Å². The highest BCUT2D eigenvalue weighted by Gasteiger charge is 2.25. The highest BCUT2D eigenvalue weighted by molar-refractivity contribution is 6.01. The van der Waals surface area contributed by atoms with Gasteiger partial charge in [0, 0.05) is 7.11 Å². The number of anilines is 1. The SMILES string of the molecule is COCC(=O)OCC(=O)c1c(N)n(Cc2ccccc2)c(=O)n(CC(=O)OC)c1=O. The predicted octanol–water partition coefficient (Wildman–Crippen LogP) is -0.814. The number of Topliss-reactive ketones (excluding diaryl/α,β-unsaturated/α-hetero) is 1. The van der Waals surface area contributed by atoms with Gasteiger partial charge < -0.3 is 19.9 Å². The molecule has 0 bridgehead atoms. The van der Waals surface area contributed by atoms with Crippen molar-refractivity contribution in [3.63, 3.8) is 0 Å². The van der Waals surface area contributed by atoms with Gasteiger partial charge in [0.25, 0.3) is 5.56 Å². The van der Waals surface area contributed by atoms with Crippen molar-refractivity contribution in [2.45, 2.75) is 13.1 Å². The molecule has 0 aliphatic heterocycles. The summed E-state index contributed by atoms with van der Waals surface area (Å²) in [6.07, 6.45) is 0. The second kappa shape index (κ2) is 10.2. The number of methoxy groups -OCH3 is 2. The summed E-state index contributed by atoms with van der Waals surface area (Å²) in [5, 5.41) is 0. The number of aromatic nitrogens is 2. The Balaban J connectivity index is 2.55. The van der Waals surface area contributed by atoms with E-state index < -0.39 is 53.5 Å². The van der Waals surface area contributed by atoms with Gasteiger partial charge in [0.15, 0.2) is 6.61 Å². The number of carbonyl (C=O) groups is 3. The molecule has 0 saturated heterocycles. The van der Waals surface area contributed by atoms with Crippen molar-refractivity contribution >= 4 is 23.5 Å². The lowest BCUT2D eigenvalue weighted by Gasteiger charge is -2.16. The molecule has 2 rings (SSSR count). The molecule has 2 aromatic rings. The summed E-state index contributed by atoms with van der Waals surface area (Å²) in [6, 6.07) is 8.69. The number of ether oxygens (including phenoxy) is 3. The first-order valence-electron chi connectivity index (χ1n) is 8.71. The van der Waals surface area contributed by atoms with Crippen molar-refractivity contribution in [2.24, 2.45) is 0 Å². The van der Waals surface area contributed by atoms with Crippen LogP contribution in [0.15, 0.2) is 39.9 Å². The quantitative estimate of drug-likeness (QED) is 0.406. The number of carbonyl (C=O) groups excluding carboxylic acids is 3. The molecule has 1 aromatic carbocycles. The summed E-state index contributed by atoms with van der Waals surface area (Å²) in [6.45, 7) is -1.95. The van der Waals surface area contributed by atoms with Crippen LogP contribution in [0.25, 0.3) is 0 Å². The van der Waals surface area contributed by atoms with E-state index in [0.717, 1.165) is 11.7 Å². The fourth-order valence-electron chi connectivity index (χ4n) is 2.61. The van der Waals surface area contributed by atoms with Gasteiger partial charge in [-0.2, -0.15) is 0 Å². The van der Waals surface area contributed by atoms with Gasteiger partial charge in [-0.05, 0) is 5.56 Å². The van der Waals surface area contributed by atoms with Gasteiger partial charge in [-0.1, -0.05) is 30.3 Å². The van der Waals surface area contributed by atoms with Crippen LogP contribution in [-0.2, 0) is 36.9 Å². The van der Waals surface area contributed by atoms with E-state index >= 15 is 0 Å². The van der Waals surface area contributed by atoms with Gasteiger partial charge in [-0.25, -0.2) is 14.2 Å². The smallest absolute Gasteiger partial charge is 0.333 e.